The van der Waals surface area contributed by atoms with Crippen molar-refractivity contribution in [1.82, 2.24) is 9.97 Å². The number of aromatic nitrogens is 2. The second kappa shape index (κ2) is 9.62. The molecule has 0 radical (unpaired) electrons. The number of anilines is 1. The summed E-state index contributed by atoms with van der Waals surface area (Å²) in [6, 6.07) is 13.9. The van der Waals surface area contributed by atoms with Crippen LogP contribution in [0.3, 0.4) is 0 Å². The number of carbonyl (C=O) groups excluding carboxylic acids is 2. The van der Waals surface area contributed by atoms with Crippen molar-refractivity contribution in [3.05, 3.63) is 89.0 Å². The monoisotopic (exact) mass is 519 g/mol. The first-order valence-electron chi connectivity index (χ1n) is 11.7. The van der Waals surface area contributed by atoms with E-state index in [-0.39, 0.29) is 34.2 Å². The Morgan fingerprint density at radius 3 is 2.47 bits per heavy atom. The molecule has 2 heterocycles. The van der Waals surface area contributed by atoms with Crippen LogP contribution < -0.4 is 14.4 Å². The molecule has 1 amide bonds. The molecule has 194 valence electrons. The number of aliphatic hydroxyl groups is 1. The van der Waals surface area contributed by atoms with Crippen LogP contribution in [0.15, 0.2) is 66.2 Å². The number of H-pyrrole nitrogens is 1. The third kappa shape index (κ3) is 4.34. The van der Waals surface area contributed by atoms with Gasteiger partial charge in [0.15, 0.2) is 11.6 Å². The molecule has 1 fully saturated rings. The van der Waals surface area contributed by atoms with E-state index in [1.54, 1.807) is 48.5 Å². The molecule has 3 aromatic carbocycles. The zero-order chi connectivity index (χ0) is 27.1. The molecule has 2 N–H and O–H groups in total. The maximum Gasteiger partial charge on any atom is 0.302 e. The van der Waals surface area contributed by atoms with Crippen LogP contribution in [-0.4, -0.2) is 40.0 Å². The Morgan fingerprint density at radius 2 is 1.74 bits per heavy atom. The first-order valence-corrected chi connectivity index (χ1v) is 11.7. The number of hydrogen-bond donors (Lipinski definition) is 2. The number of fused-ring (bicyclic) bond motifs is 1. The molecular formula is C28H23F2N3O5. The number of aliphatic hydroxyl groups excluding tert-OH is 1. The molecule has 0 saturated carbocycles. The molecule has 1 aliphatic heterocycles. The summed E-state index contributed by atoms with van der Waals surface area (Å²) < 4.78 is 38.7. The predicted molar refractivity (Wildman–Crippen MR) is 136 cm³/mol. The van der Waals surface area contributed by atoms with Gasteiger partial charge in [0, 0.05) is 17.7 Å². The number of imidazole rings is 1. The number of aromatic amines is 1. The Bertz CT molecular complexity index is 1570. The van der Waals surface area contributed by atoms with Crippen molar-refractivity contribution in [3.63, 3.8) is 0 Å². The van der Waals surface area contributed by atoms with Crippen LogP contribution in [0.2, 0.25) is 0 Å². The molecule has 1 atom stereocenters. The van der Waals surface area contributed by atoms with Crippen molar-refractivity contribution in [3.8, 4) is 11.5 Å². The van der Waals surface area contributed by atoms with Crippen molar-refractivity contribution in [2.75, 3.05) is 12.0 Å². The maximum absolute atomic E-state index is 13.8. The smallest absolute Gasteiger partial charge is 0.302 e. The van der Waals surface area contributed by atoms with Gasteiger partial charge >= 0.3 is 5.91 Å². The lowest BCUT2D eigenvalue weighted by atomic mass is 9.95. The molecule has 0 spiro atoms. The normalized spacial score (nSPS) is 17.0. The number of amides is 1. The average Bonchev–Trinajstić information content (AvgIpc) is 3.41. The van der Waals surface area contributed by atoms with Crippen LogP contribution in [0.4, 0.5) is 14.7 Å². The van der Waals surface area contributed by atoms with E-state index in [0.717, 1.165) is 17.0 Å². The van der Waals surface area contributed by atoms with Crippen LogP contribution in [-0.2, 0) is 9.59 Å². The highest BCUT2D eigenvalue weighted by atomic mass is 19.2. The zero-order valence-electron chi connectivity index (χ0n) is 20.7. The molecule has 10 heteroatoms. The first kappa shape index (κ1) is 24.9. The van der Waals surface area contributed by atoms with Gasteiger partial charge in [-0.05, 0) is 43.7 Å². The van der Waals surface area contributed by atoms with Gasteiger partial charge in [0.25, 0.3) is 5.78 Å². The number of benzene rings is 3. The maximum atomic E-state index is 13.8. The number of rotatable bonds is 6. The highest BCUT2D eigenvalue weighted by Gasteiger charge is 2.48. The fraction of sp³-hybridized carbons (Fsp3) is 0.179. The van der Waals surface area contributed by atoms with Crippen LogP contribution in [0, 0.1) is 11.6 Å². The third-order valence-corrected chi connectivity index (χ3v) is 6.07. The minimum absolute atomic E-state index is 0.0590. The molecule has 8 nitrogen and oxygen atoms in total. The molecule has 38 heavy (non-hydrogen) atoms. The lowest BCUT2D eigenvalue weighted by Crippen LogP contribution is -2.30. The number of Topliss-reactive ketones (excluding diaryl/α,β-unsaturated/α-hetero) is 1. The summed E-state index contributed by atoms with van der Waals surface area (Å²) in [5.74, 6) is -3.74. The Morgan fingerprint density at radius 1 is 1.03 bits per heavy atom. The first-order chi connectivity index (χ1) is 18.2. The predicted octanol–water partition coefficient (Wildman–Crippen LogP) is 5.26. The van der Waals surface area contributed by atoms with E-state index in [9.17, 15) is 23.5 Å². The summed E-state index contributed by atoms with van der Waals surface area (Å²) >= 11 is 0. The van der Waals surface area contributed by atoms with Gasteiger partial charge in [0.1, 0.15) is 17.3 Å². The van der Waals surface area contributed by atoms with E-state index < -0.39 is 35.1 Å². The molecule has 0 bridgehead atoms. The van der Waals surface area contributed by atoms with Crippen molar-refractivity contribution < 1.29 is 33.0 Å². The van der Waals surface area contributed by atoms with Crippen LogP contribution in [0.25, 0.3) is 16.8 Å². The summed E-state index contributed by atoms with van der Waals surface area (Å²) in [5.41, 5.74) is 0.704. The molecule has 5 rings (SSSR count). The number of nitrogens with zero attached hydrogens (tertiary/aromatic N) is 2. The number of nitrogens with one attached hydrogen (secondary N) is 1. The van der Waals surface area contributed by atoms with Crippen LogP contribution in [0.5, 0.6) is 11.5 Å². The average molecular weight is 520 g/mol. The Kier molecular flexibility index (Phi) is 6.31. The molecule has 1 aromatic heterocycles. The second-order valence-corrected chi connectivity index (χ2v) is 8.98. The molecule has 0 aliphatic carbocycles. The van der Waals surface area contributed by atoms with E-state index in [4.69, 9.17) is 9.47 Å². The van der Waals surface area contributed by atoms with Gasteiger partial charge in [-0.3, -0.25) is 14.5 Å². The van der Waals surface area contributed by atoms with Gasteiger partial charge in [-0.15, -0.1) is 0 Å². The van der Waals surface area contributed by atoms with Gasteiger partial charge in [-0.25, -0.2) is 13.8 Å². The van der Waals surface area contributed by atoms with Crippen molar-refractivity contribution in [2.45, 2.75) is 26.0 Å². The number of methoxy groups -OCH3 is 1. The van der Waals surface area contributed by atoms with Crippen molar-refractivity contribution in [2.24, 2.45) is 0 Å². The van der Waals surface area contributed by atoms with Gasteiger partial charge in [0.05, 0.1) is 35.9 Å². The molecule has 1 aliphatic rings. The Balaban J connectivity index is 1.71. The fourth-order valence-corrected chi connectivity index (χ4v) is 4.43. The summed E-state index contributed by atoms with van der Waals surface area (Å²) in [4.78, 5) is 34.9. The highest BCUT2D eigenvalue weighted by Crippen LogP contribution is 2.42. The van der Waals surface area contributed by atoms with Crippen molar-refractivity contribution in [1.29, 1.82) is 0 Å². The minimum atomic E-state index is -1.13. The lowest BCUT2D eigenvalue weighted by Gasteiger charge is -2.23. The third-order valence-electron chi connectivity index (χ3n) is 6.07. The van der Waals surface area contributed by atoms with Gasteiger partial charge in [0.2, 0.25) is 5.95 Å². The van der Waals surface area contributed by atoms with Crippen LogP contribution in [0.1, 0.15) is 31.0 Å². The largest absolute Gasteiger partial charge is 0.507 e. The van der Waals surface area contributed by atoms with E-state index in [1.807, 2.05) is 13.8 Å². The topological polar surface area (TPSA) is 105 Å². The standard InChI is InChI=1S/C28H23F2N3O5/c1-14(2)38-18-9-5-7-16(11-18)25(34)23-24(15-6-4-8-17(10-15)37-3)33(27(36)26(23)35)28-31-21-12-19(29)20(30)13-22(21)32-28/h4-14,24,34H,1-3H3,(H,31,32)/b25-23+. The molecular weight excluding hydrogens is 496 g/mol. The summed E-state index contributed by atoms with van der Waals surface area (Å²) in [5, 5.41) is 11.4. The highest BCUT2D eigenvalue weighted by molar-refractivity contribution is 6.51. The Hall–Kier alpha value is -4.73. The van der Waals surface area contributed by atoms with E-state index in [1.165, 1.54) is 7.11 Å². The van der Waals surface area contributed by atoms with E-state index in [2.05, 4.69) is 9.97 Å². The molecule has 1 saturated heterocycles. The van der Waals surface area contributed by atoms with Gasteiger partial charge in [-0.1, -0.05) is 24.3 Å². The van der Waals surface area contributed by atoms with E-state index >= 15 is 0 Å². The summed E-state index contributed by atoms with van der Waals surface area (Å²) in [7, 11) is 1.47. The zero-order valence-corrected chi connectivity index (χ0v) is 20.7. The lowest BCUT2D eigenvalue weighted by molar-refractivity contribution is -0.132. The fourth-order valence-electron chi connectivity index (χ4n) is 4.43. The number of halogens is 2. The molecule has 4 aromatic rings. The molecule has 1 unspecified atom stereocenters. The minimum Gasteiger partial charge on any atom is -0.507 e. The number of carbonyl (C=O) groups is 2. The van der Waals surface area contributed by atoms with E-state index in [0.29, 0.717) is 17.1 Å². The summed E-state index contributed by atoms with van der Waals surface area (Å²) in [6.07, 6.45) is -0.127. The van der Waals surface area contributed by atoms with Crippen molar-refractivity contribution >= 4 is 34.4 Å². The van der Waals surface area contributed by atoms with Gasteiger partial charge < -0.3 is 19.6 Å². The number of ether oxygens (including phenoxy) is 2. The second-order valence-electron chi connectivity index (χ2n) is 8.98. The summed E-state index contributed by atoms with van der Waals surface area (Å²) in [6.45, 7) is 3.71. The SMILES string of the molecule is COc1cccc(C2/C(=C(\O)c3cccc(OC(C)C)c3)C(=O)C(=O)N2c2nc3cc(F)c(F)cc3[nH]2)c1. The number of hydrogen-bond acceptors (Lipinski definition) is 6. The van der Waals surface area contributed by atoms with Crippen LogP contribution >= 0.6 is 0 Å². The number of ketones is 1. The van der Waals surface area contributed by atoms with Gasteiger partial charge in [-0.2, -0.15) is 0 Å². The quantitative estimate of drug-likeness (QED) is 0.205. The Labute approximate surface area is 216 Å².